The van der Waals surface area contributed by atoms with Crippen molar-refractivity contribution in [2.45, 2.75) is 32.2 Å². The average Bonchev–Trinajstić information content (AvgIpc) is 2.78. The number of hydrogen-bond acceptors (Lipinski definition) is 3. The Bertz CT molecular complexity index is 948. The molecule has 2 aliphatic heterocycles. The second kappa shape index (κ2) is 9.53. The zero-order chi connectivity index (χ0) is 21.8. The summed E-state index contributed by atoms with van der Waals surface area (Å²) < 4.78 is 14.3. The molecule has 31 heavy (non-hydrogen) atoms. The molecular formula is C25H35N3O2S. The predicted octanol–water partition coefficient (Wildman–Crippen LogP) is 3.27. The van der Waals surface area contributed by atoms with E-state index in [2.05, 4.69) is 50.9 Å². The number of nitrogens with zero attached hydrogens (tertiary/aromatic N) is 2. The van der Waals surface area contributed by atoms with Gasteiger partial charge in [-0.3, -0.25) is 9.00 Å². The Kier molecular flexibility index (Phi) is 6.77. The van der Waals surface area contributed by atoms with Crippen LogP contribution in [0.5, 0.6) is 0 Å². The van der Waals surface area contributed by atoms with E-state index in [4.69, 9.17) is 0 Å². The number of rotatable bonds is 6. The summed E-state index contributed by atoms with van der Waals surface area (Å²) >= 11 is 0. The van der Waals surface area contributed by atoms with Gasteiger partial charge in [-0.1, -0.05) is 40.5 Å². The highest BCUT2D eigenvalue weighted by Crippen LogP contribution is 2.29. The third kappa shape index (κ3) is 5.55. The number of amides is 1. The molecule has 2 aromatic rings. The second-order valence-corrected chi connectivity index (χ2v) is 12.4. The molecule has 2 aromatic carbocycles. The SMILES string of the molecule is C[SH](C)(=O)N1CCC(CNC(=O)c2ccc3c(c2)CCCN3Cc2ccccc2)CC1. The van der Waals surface area contributed by atoms with Crippen LogP contribution in [-0.2, 0) is 23.1 Å². The number of benzene rings is 2. The Balaban J connectivity index is 1.34. The number of anilines is 1. The first-order chi connectivity index (χ1) is 14.9. The molecule has 0 saturated carbocycles. The minimum absolute atomic E-state index is 0.0158. The zero-order valence-electron chi connectivity index (χ0n) is 18.7. The maximum atomic E-state index is 12.8. The lowest BCUT2D eigenvalue weighted by molar-refractivity contribution is 0.0941. The summed E-state index contributed by atoms with van der Waals surface area (Å²) in [6.07, 6.45) is 7.80. The molecule has 2 heterocycles. The van der Waals surface area contributed by atoms with E-state index >= 15 is 0 Å². The highest BCUT2D eigenvalue weighted by atomic mass is 32.3. The molecule has 6 heteroatoms. The maximum absolute atomic E-state index is 12.8. The van der Waals surface area contributed by atoms with Crippen LogP contribution in [0.2, 0.25) is 0 Å². The molecule has 1 N–H and O–H groups in total. The first kappa shape index (κ1) is 22.0. The van der Waals surface area contributed by atoms with Crippen molar-refractivity contribution in [2.75, 3.05) is 43.6 Å². The fraction of sp³-hybridized carbons (Fsp3) is 0.480. The lowest BCUT2D eigenvalue weighted by atomic mass is 9.97. The average molecular weight is 442 g/mol. The minimum atomic E-state index is -2.15. The van der Waals surface area contributed by atoms with E-state index in [-0.39, 0.29) is 5.91 Å². The number of aryl methyl sites for hydroxylation is 1. The van der Waals surface area contributed by atoms with Crippen LogP contribution in [0.25, 0.3) is 0 Å². The molecule has 0 aliphatic carbocycles. The molecule has 2 aliphatic rings. The van der Waals surface area contributed by atoms with Gasteiger partial charge in [0.1, 0.15) is 0 Å². The van der Waals surface area contributed by atoms with Crippen molar-refractivity contribution in [1.29, 1.82) is 0 Å². The lowest BCUT2D eigenvalue weighted by Gasteiger charge is -2.37. The molecule has 0 radical (unpaired) electrons. The molecule has 5 nitrogen and oxygen atoms in total. The van der Waals surface area contributed by atoms with Crippen LogP contribution >= 0.6 is 0 Å². The fourth-order valence-corrected chi connectivity index (χ4v) is 5.92. The van der Waals surface area contributed by atoms with Crippen molar-refractivity contribution in [1.82, 2.24) is 9.62 Å². The van der Waals surface area contributed by atoms with Gasteiger partial charge in [0.15, 0.2) is 0 Å². The molecule has 1 amide bonds. The first-order valence-corrected chi connectivity index (χ1v) is 14.0. The van der Waals surface area contributed by atoms with Crippen molar-refractivity contribution in [3.63, 3.8) is 0 Å². The van der Waals surface area contributed by atoms with Gasteiger partial charge in [0.25, 0.3) is 5.91 Å². The van der Waals surface area contributed by atoms with Gasteiger partial charge in [0.2, 0.25) is 0 Å². The smallest absolute Gasteiger partial charge is 0.251 e. The molecular weight excluding hydrogens is 406 g/mol. The second-order valence-electron chi connectivity index (χ2n) is 9.26. The van der Waals surface area contributed by atoms with E-state index in [1.165, 1.54) is 16.8 Å². The van der Waals surface area contributed by atoms with Crippen LogP contribution in [0.15, 0.2) is 48.5 Å². The Labute approximate surface area is 187 Å². The quantitative estimate of drug-likeness (QED) is 0.677. The van der Waals surface area contributed by atoms with Crippen LogP contribution in [0.1, 0.15) is 40.7 Å². The summed E-state index contributed by atoms with van der Waals surface area (Å²) in [6.45, 7) is 4.37. The highest BCUT2D eigenvalue weighted by molar-refractivity contribution is 7.99. The number of nitrogens with one attached hydrogen (secondary N) is 1. The summed E-state index contributed by atoms with van der Waals surface area (Å²) in [7, 11) is -2.15. The largest absolute Gasteiger partial charge is 0.367 e. The predicted molar refractivity (Wildman–Crippen MR) is 130 cm³/mol. The topological polar surface area (TPSA) is 52.7 Å². The molecule has 0 aromatic heterocycles. The van der Waals surface area contributed by atoms with Crippen LogP contribution < -0.4 is 10.2 Å². The van der Waals surface area contributed by atoms with Gasteiger partial charge >= 0.3 is 0 Å². The van der Waals surface area contributed by atoms with E-state index in [0.29, 0.717) is 12.5 Å². The van der Waals surface area contributed by atoms with Crippen LogP contribution in [0.4, 0.5) is 5.69 Å². The molecule has 0 unspecified atom stereocenters. The van der Waals surface area contributed by atoms with Crippen molar-refractivity contribution in [3.8, 4) is 0 Å². The van der Waals surface area contributed by atoms with Crippen molar-refractivity contribution >= 4 is 21.7 Å². The Morgan fingerprint density at radius 1 is 1.06 bits per heavy atom. The summed E-state index contributed by atoms with van der Waals surface area (Å²) in [6, 6.07) is 16.7. The minimum Gasteiger partial charge on any atom is -0.367 e. The van der Waals surface area contributed by atoms with Gasteiger partial charge in [0, 0.05) is 56.5 Å². The van der Waals surface area contributed by atoms with Crippen molar-refractivity contribution < 1.29 is 9.00 Å². The number of thiol groups is 1. The van der Waals surface area contributed by atoms with Crippen molar-refractivity contribution in [3.05, 3.63) is 65.2 Å². The zero-order valence-corrected chi connectivity index (χ0v) is 19.6. The molecule has 1 saturated heterocycles. The third-order valence-corrected chi connectivity index (χ3v) is 8.36. The van der Waals surface area contributed by atoms with Gasteiger partial charge in [-0.2, -0.15) is 0 Å². The number of piperidine rings is 1. The van der Waals surface area contributed by atoms with E-state index in [0.717, 1.165) is 57.4 Å². The van der Waals surface area contributed by atoms with Crippen LogP contribution in [0.3, 0.4) is 0 Å². The van der Waals surface area contributed by atoms with Gasteiger partial charge in [-0.05, 0) is 60.9 Å². The highest BCUT2D eigenvalue weighted by Gasteiger charge is 2.24. The van der Waals surface area contributed by atoms with E-state index in [1.54, 1.807) is 0 Å². The Morgan fingerprint density at radius 3 is 2.52 bits per heavy atom. The number of carbonyl (C=O) groups excluding carboxylic acids is 1. The van der Waals surface area contributed by atoms with Gasteiger partial charge in [-0.15, -0.1) is 0 Å². The first-order valence-electron chi connectivity index (χ1n) is 11.4. The van der Waals surface area contributed by atoms with Gasteiger partial charge in [-0.25, -0.2) is 4.31 Å². The molecule has 168 valence electrons. The van der Waals surface area contributed by atoms with E-state index in [1.807, 2.05) is 24.6 Å². The standard InChI is InChI=1S/C25H35N3O2S/c1-31(2,30)28-15-12-20(13-16-28)18-26-25(29)23-10-11-24-22(17-23)9-6-14-27(24)19-21-7-4-3-5-8-21/h3-5,7-8,10-11,17,20,31H,6,9,12-16,18-19H2,1-2H3,(H,26,29). The Morgan fingerprint density at radius 2 is 1.81 bits per heavy atom. The Hall–Kier alpha value is -2.18. The van der Waals surface area contributed by atoms with E-state index < -0.39 is 10.1 Å². The van der Waals surface area contributed by atoms with Crippen molar-refractivity contribution in [2.24, 2.45) is 5.92 Å². The molecule has 0 bridgehead atoms. The molecule has 4 rings (SSSR count). The summed E-state index contributed by atoms with van der Waals surface area (Å²) in [5, 5.41) is 3.14. The normalized spacial score (nSPS) is 18.5. The van der Waals surface area contributed by atoms with Gasteiger partial charge < -0.3 is 10.2 Å². The van der Waals surface area contributed by atoms with E-state index in [9.17, 15) is 9.00 Å². The number of fused-ring (bicyclic) bond motifs is 1. The molecule has 0 spiro atoms. The summed E-state index contributed by atoms with van der Waals surface area (Å²) in [5.41, 5.74) is 4.59. The molecule has 1 fully saturated rings. The molecule has 0 atom stereocenters. The third-order valence-electron chi connectivity index (χ3n) is 6.60. The maximum Gasteiger partial charge on any atom is 0.251 e. The number of carbonyl (C=O) groups is 1. The lowest BCUT2D eigenvalue weighted by Crippen LogP contribution is -2.43. The fourth-order valence-electron chi connectivity index (χ4n) is 4.73. The monoisotopic (exact) mass is 441 g/mol. The van der Waals surface area contributed by atoms with Crippen LogP contribution in [0, 0.1) is 5.92 Å². The van der Waals surface area contributed by atoms with Gasteiger partial charge in [0.05, 0.1) is 0 Å². The summed E-state index contributed by atoms with van der Waals surface area (Å²) in [5.74, 6) is 0.479. The number of hydrogen-bond donors (Lipinski definition) is 2. The van der Waals surface area contributed by atoms with Crippen LogP contribution in [-0.4, -0.2) is 53.1 Å². The summed E-state index contributed by atoms with van der Waals surface area (Å²) in [4.78, 5) is 15.2.